The van der Waals surface area contributed by atoms with Gasteiger partial charge in [-0.05, 0) is 19.2 Å². The minimum absolute atomic E-state index is 0.0207. The van der Waals surface area contributed by atoms with Crippen LogP contribution < -0.4 is 5.32 Å². The molecule has 1 amide bonds. The van der Waals surface area contributed by atoms with Crippen LogP contribution in [0.25, 0.3) is 0 Å². The fourth-order valence-corrected chi connectivity index (χ4v) is 2.61. The largest absolute Gasteiger partial charge is 0.481 e. The molecule has 0 saturated heterocycles. The highest BCUT2D eigenvalue weighted by molar-refractivity contribution is 6.42. The van der Waals surface area contributed by atoms with Gasteiger partial charge in [0, 0.05) is 11.6 Å². The highest BCUT2D eigenvalue weighted by atomic mass is 35.5. The van der Waals surface area contributed by atoms with Crippen LogP contribution in [0, 0.1) is 5.92 Å². The summed E-state index contributed by atoms with van der Waals surface area (Å²) in [6.07, 6.45) is 0. The molecule has 0 bridgehead atoms. The number of carbonyl (C=O) groups excluding carboxylic acids is 1. The van der Waals surface area contributed by atoms with Crippen molar-refractivity contribution >= 4 is 52.4 Å². The summed E-state index contributed by atoms with van der Waals surface area (Å²) >= 11 is 17.7. The SMILES string of the molecule is CC(CN(C)CC(=O)Nc1c(Cl)cc(Cl)cc1Cl)C(=O)O. The molecule has 1 unspecified atom stereocenters. The molecule has 116 valence electrons. The zero-order chi connectivity index (χ0) is 16.2. The van der Waals surface area contributed by atoms with Crippen molar-refractivity contribution in [1.29, 1.82) is 0 Å². The number of halogens is 3. The summed E-state index contributed by atoms with van der Waals surface area (Å²) in [7, 11) is 1.66. The van der Waals surface area contributed by atoms with Gasteiger partial charge in [0.15, 0.2) is 0 Å². The number of benzene rings is 1. The highest BCUT2D eigenvalue weighted by Gasteiger charge is 2.17. The Balaban J connectivity index is 2.64. The monoisotopic (exact) mass is 352 g/mol. The first-order valence-corrected chi connectivity index (χ1v) is 7.19. The van der Waals surface area contributed by atoms with E-state index in [9.17, 15) is 9.59 Å². The number of carboxylic acid groups (broad SMARTS) is 1. The Morgan fingerprint density at radius 2 is 1.81 bits per heavy atom. The van der Waals surface area contributed by atoms with Gasteiger partial charge in [0.25, 0.3) is 0 Å². The van der Waals surface area contributed by atoms with Crippen LogP contribution in [-0.4, -0.2) is 42.0 Å². The van der Waals surface area contributed by atoms with Crippen molar-refractivity contribution in [2.75, 3.05) is 25.5 Å². The molecule has 0 saturated carbocycles. The molecule has 1 atom stereocenters. The molecule has 0 aliphatic carbocycles. The first-order valence-electron chi connectivity index (χ1n) is 6.06. The molecule has 1 aromatic rings. The quantitative estimate of drug-likeness (QED) is 0.824. The molecule has 0 heterocycles. The van der Waals surface area contributed by atoms with Crippen LogP contribution in [0.15, 0.2) is 12.1 Å². The lowest BCUT2D eigenvalue weighted by atomic mass is 10.2. The van der Waals surface area contributed by atoms with Crippen molar-refractivity contribution in [2.24, 2.45) is 5.92 Å². The Morgan fingerprint density at radius 3 is 2.29 bits per heavy atom. The molecular weight excluding hydrogens is 339 g/mol. The number of carbonyl (C=O) groups is 2. The van der Waals surface area contributed by atoms with Crippen molar-refractivity contribution in [2.45, 2.75) is 6.92 Å². The van der Waals surface area contributed by atoms with Crippen LogP contribution in [0.5, 0.6) is 0 Å². The van der Waals surface area contributed by atoms with E-state index in [1.807, 2.05) is 0 Å². The van der Waals surface area contributed by atoms with Crippen molar-refractivity contribution in [3.05, 3.63) is 27.2 Å². The van der Waals surface area contributed by atoms with Gasteiger partial charge in [0.05, 0.1) is 28.2 Å². The van der Waals surface area contributed by atoms with E-state index in [1.165, 1.54) is 12.1 Å². The summed E-state index contributed by atoms with van der Waals surface area (Å²) in [5, 5.41) is 12.3. The van der Waals surface area contributed by atoms with Gasteiger partial charge >= 0.3 is 5.97 Å². The van der Waals surface area contributed by atoms with Crippen molar-refractivity contribution < 1.29 is 14.7 Å². The molecule has 0 spiro atoms. The summed E-state index contributed by atoms with van der Waals surface area (Å²) in [6.45, 7) is 1.85. The summed E-state index contributed by atoms with van der Waals surface area (Å²) < 4.78 is 0. The molecule has 2 N–H and O–H groups in total. The maximum atomic E-state index is 11.9. The molecule has 0 fully saturated rings. The standard InChI is InChI=1S/C13H15Cl3N2O3/c1-7(13(20)21)5-18(2)6-11(19)17-12-9(15)3-8(14)4-10(12)16/h3-4,7H,5-6H2,1-2H3,(H,17,19)(H,20,21). The van der Waals surface area contributed by atoms with Gasteiger partial charge in [-0.15, -0.1) is 0 Å². The third-order valence-electron chi connectivity index (χ3n) is 2.69. The Morgan fingerprint density at radius 1 is 1.29 bits per heavy atom. The molecule has 0 aliphatic heterocycles. The molecule has 21 heavy (non-hydrogen) atoms. The number of nitrogens with zero attached hydrogens (tertiary/aromatic N) is 1. The number of rotatable bonds is 6. The lowest BCUT2D eigenvalue weighted by Gasteiger charge is -2.19. The Bertz CT molecular complexity index is 528. The lowest BCUT2D eigenvalue weighted by Crippen LogP contribution is -2.35. The second-order valence-corrected chi connectivity index (χ2v) is 5.98. The van der Waals surface area contributed by atoms with Gasteiger partial charge in [-0.2, -0.15) is 0 Å². The van der Waals surface area contributed by atoms with Crippen molar-refractivity contribution in [3.63, 3.8) is 0 Å². The molecule has 0 aliphatic rings. The Labute approximate surface area is 137 Å². The predicted octanol–water partition coefficient (Wildman–Crippen LogP) is 3.24. The second-order valence-electron chi connectivity index (χ2n) is 4.73. The van der Waals surface area contributed by atoms with E-state index in [0.29, 0.717) is 5.02 Å². The molecule has 1 rings (SSSR count). The topological polar surface area (TPSA) is 69.6 Å². The average molecular weight is 354 g/mol. The number of hydrogen-bond acceptors (Lipinski definition) is 3. The van der Waals surface area contributed by atoms with E-state index in [1.54, 1.807) is 18.9 Å². The first-order chi connectivity index (χ1) is 9.70. The summed E-state index contributed by atoms with van der Waals surface area (Å²) in [6, 6.07) is 2.95. The van der Waals surface area contributed by atoms with Crippen LogP contribution in [0.1, 0.15) is 6.92 Å². The smallest absolute Gasteiger partial charge is 0.307 e. The highest BCUT2D eigenvalue weighted by Crippen LogP contribution is 2.33. The first kappa shape index (κ1) is 18.0. The third kappa shape index (κ3) is 5.71. The zero-order valence-corrected chi connectivity index (χ0v) is 13.8. The summed E-state index contributed by atoms with van der Waals surface area (Å²) in [4.78, 5) is 24.3. The van der Waals surface area contributed by atoms with E-state index < -0.39 is 11.9 Å². The molecule has 1 aromatic carbocycles. The molecule has 5 nitrogen and oxygen atoms in total. The normalized spacial score (nSPS) is 12.3. The molecule has 0 radical (unpaired) electrons. The minimum Gasteiger partial charge on any atom is -0.481 e. The van der Waals surface area contributed by atoms with Crippen LogP contribution in [0.3, 0.4) is 0 Å². The number of hydrogen-bond donors (Lipinski definition) is 2. The summed E-state index contributed by atoms with van der Waals surface area (Å²) in [5.41, 5.74) is 0.285. The van der Waals surface area contributed by atoms with Gasteiger partial charge in [-0.3, -0.25) is 14.5 Å². The number of anilines is 1. The van der Waals surface area contributed by atoms with Crippen LogP contribution in [0.2, 0.25) is 15.1 Å². The fourth-order valence-electron chi connectivity index (χ4n) is 1.70. The van der Waals surface area contributed by atoms with Gasteiger partial charge < -0.3 is 10.4 Å². The number of aliphatic carboxylic acids is 1. The number of likely N-dealkylation sites (N-methyl/N-ethyl adjacent to an activating group) is 1. The van der Waals surface area contributed by atoms with Gasteiger partial charge in [-0.25, -0.2) is 0 Å². The average Bonchev–Trinajstić information content (AvgIpc) is 2.33. The van der Waals surface area contributed by atoms with Crippen LogP contribution in [-0.2, 0) is 9.59 Å². The molecule has 0 aromatic heterocycles. The van der Waals surface area contributed by atoms with Gasteiger partial charge in [0.2, 0.25) is 5.91 Å². The van der Waals surface area contributed by atoms with E-state index in [0.717, 1.165) is 0 Å². The number of carboxylic acids is 1. The Kier molecular flexibility index (Phi) is 6.74. The van der Waals surface area contributed by atoms with Crippen molar-refractivity contribution in [1.82, 2.24) is 4.90 Å². The molecular formula is C13H15Cl3N2O3. The van der Waals surface area contributed by atoms with Gasteiger partial charge in [0.1, 0.15) is 0 Å². The van der Waals surface area contributed by atoms with Gasteiger partial charge in [-0.1, -0.05) is 41.7 Å². The van der Waals surface area contributed by atoms with E-state index in [2.05, 4.69) is 5.32 Å². The summed E-state index contributed by atoms with van der Waals surface area (Å²) in [5.74, 6) is -1.82. The Hall–Kier alpha value is -1.01. The lowest BCUT2D eigenvalue weighted by molar-refractivity contribution is -0.141. The van der Waals surface area contributed by atoms with Crippen molar-refractivity contribution in [3.8, 4) is 0 Å². The predicted molar refractivity (Wildman–Crippen MR) is 84.4 cm³/mol. The van der Waals surface area contributed by atoms with E-state index in [-0.39, 0.29) is 34.7 Å². The minimum atomic E-state index is -0.911. The van der Waals surface area contributed by atoms with E-state index >= 15 is 0 Å². The maximum absolute atomic E-state index is 11.9. The fraction of sp³-hybridized carbons (Fsp3) is 0.385. The maximum Gasteiger partial charge on any atom is 0.307 e. The third-order valence-corrected chi connectivity index (χ3v) is 3.51. The van der Waals surface area contributed by atoms with Crippen LogP contribution >= 0.6 is 34.8 Å². The van der Waals surface area contributed by atoms with E-state index in [4.69, 9.17) is 39.9 Å². The second kappa shape index (κ2) is 7.84. The zero-order valence-electron chi connectivity index (χ0n) is 11.5. The number of amides is 1. The molecule has 8 heteroatoms. The number of nitrogens with one attached hydrogen (secondary N) is 1. The van der Waals surface area contributed by atoms with Crippen LogP contribution in [0.4, 0.5) is 5.69 Å².